The molecule has 0 radical (unpaired) electrons. The molecular weight excluding hydrogens is 136 g/mol. The van der Waals surface area contributed by atoms with E-state index in [0.29, 0.717) is 5.69 Å². The van der Waals surface area contributed by atoms with Gasteiger partial charge in [0.1, 0.15) is 5.69 Å². The predicted molar refractivity (Wildman–Crippen MR) is 37.0 cm³/mol. The Balaban J connectivity index is 2.86. The second kappa shape index (κ2) is 2.59. The fourth-order valence-corrected chi connectivity index (χ4v) is 1.07. The molecule has 1 heterocycles. The number of anilines is 1. The first-order chi connectivity index (χ1) is 4.36. The Morgan fingerprint density at radius 1 is 1.89 bits per heavy atom. The van der Waals surface area contributed by atoms with Crippen LogP contribution in [0.1, 0.15) is 10.5 Å². The van der Waals surface area contributed by atoms with Crippen LogP contribution in [0.3, 0.4) is 0 Å². The van der Waals surface area contributed by atoms with Gasteiger partial charge in [0, 0.05) is 12.4 Å². The molecule has 0 bridgehead atoms. The van der Waals surface area contributed by atoms with Gasteiger partial charge in [-0.3, -0.25) is 4.79 Å². The molecule has 1 rings (SSSR count). The van der Waals surface area contributed by atoms with Crippen molar-refractivity contribution in [2.24, 2.45) is 0 Å². The molecule has 1 N–H and O–H groups in total. The third-order valence-corrected chi connectivity index (χ3v) is 1.73. The fraction of sp³-hybridized carbons (Fsp3) is 0.200. The van der Waals surface area contributed by atoms with Gasteiger partial charge in [-0.25, -0.2) is 4.98 Å². The van der Waals surface area contributed by atoms with E-state index in [9.17, 15) is 4.79 Å². The number of nitrogens with one attached hydrogen (secondary N) is 1. The Kier molecular flexibility index (Phi) is 1.79. The fourth-order valence-electron chi connectivity index (χ4n) is 0.455. The SMILES string of the molecule is CNc1nc(C=O)cs1. The van der Waals surface area contributed by atoms with E-state index in [2.05, 4.69) is 10.3 Å². The molecule has 0 aliphatic carbocycles. The highest BCUT2D eigenvalue weighted by atomic mass is 32.1. The number of aldehydes is 1. The van der Waals surface area contributed by atoms with Crippen molar-refractivity contribution in [2.45, 2.75) is 0 Å². The van der Waals surface area contributed by atoms with Gasteiger partial charge >= 0.3 is 0 Å². The van der Waals surface area contributed by atoms with Crippen molar-refractivity contribution < 1.29 is 4.79 Å². The van der Waals surface area contributed by atoms with Gasteiger partial charge in [-0.05, 0) is 0 Å². The second-order valence-electron chi connectivity index (χ2n) is 1.45. The van der Waals surface area contributed by atoms with E-state index >= 15 is 0 Å². The summed E-state index contributed by atoms with van der Waals surface area (Å²) in [6, 6.07) is 0. The number of carbonyl (C=O) groups is 1. The molecule has 0 amide bonds. The lowest BCUT2D eigenvalue weighted by atomic mass is 10.6. The molecule has 9 heavy (non-hydrogen) atoms. The maximum Gasteiger partial charge on any atom is 0.183 e. The zero-order valence-corrected chi connectivity index (χ0v) is 5.73. The Hall–Kier alpha value is -0.900. The van der Waals surface area contributed by atoms with Crippen LogP contribution in [0.4, 0.5) is 5.13 Å². The summed E-state index contributed by atoms with van der Waals surface area (Å²) in [4.78, 5) is 13.9. The lowest BCUT2D eigenvalue weighted by Gasteiger charge is -1.85. The Morgan fingerprint density at radius 3 is 3.00 bits per heavy atom. The zero-order chi connectivity index (χ0) is 6.69. The van der Waals surface area contributed by atoms with Crippen molar-refractivity contribution in [3.05, 3.63) is 11.1 Å². The van der Waals surface area contributed by atoms with E-state index in [0.717, 1.165) is 11.4 Å². The van der Waals surface area contributed by atoms with Crippen LogP contribution in [0.25, 0.3) is 0 Å². The smallest absolute Gasteiger partial charge is 0.183 e. The van der Waals surface area contributed by atoms with E-state index in [4.69, 9.17) is 0 Å². The molecule has 0 atom stereocenters. The highest BCUT2D eigenvalue weighted by Crippen LogP contribution is 2.11. The van der Waals surface area contributed by atoms with Gasteiger partial charge in [0.15, 0.2) is 11.4 Å². The molecule has 0 unspecified atom stereocenters. The molecule has 48 valence electrons. The standard InChI is InChI=1S/C5H6N2OS/c1-6-5-7-4(2-8)3-9-5/h2-3H,1H3,(H,6,7). The molecule has 0 aliphatic rings. The number of hydrogen-bond acceptors (Lipinski definition) is 4. The monoisotopic (exact) mass is 142 g/mol. The summed E-state index contributed by atoms with van der Waals surface area (Å²) in [6.45, 7) is 0. The molecule has 4 heteroatoms. The average molecular weight is 142 g/mol. The largest absolute Gasteiger partial charge is 0.365 e. The van der Waals surface area contributed by atoms with Crippen molar-refractivity contribution >= 4 is 22.8 Å². The van der Waals surface area contributed by atoms with Crippen molar-refractivity contribution in [3.63, 3.8) is 0 Å². The molecule has 0 aliphatic heterocycles. The van der Waals surface area contributed by atoms with E-state index in [-0.39, 0.29) is 0 Å². The molecule has 0 saturated carbocycles. The van der Waals surface area contributed by atoms with Gasteiger partial charge in [-0.2, -0.15) is 0 Å². The van der Waals surface area contributed by atoms with E-state index < -0.39 is 0 Å². The van der Waals surface area contributed by atoms with Crippen LogP contribution in [0.15, 0.2) is 5.38 Å². The first-order valence-corrected chi connectivity index (χ1v) is 3.33. The molecular formula is C5H6N2OS. The van der Waals surface area contributed by atoms with Crippen molar-refractivity contribution in [1.29, 1.82) is 0 Å². The molecule has 1 aromatic rings. The Bertz CT molecular complexity index is 208. The molecule has 0 aromatic carbocycles. The Morgan fingerprint density at radius 2 is 2.67 bits per heavy atom. The van der Waals surface area contributed by atoms with Crippen LogP contribution < -0.4 is 5.32 Å². The lowest BCUT2D eigenvalue weighted by Crippen LogP contribution is -1.86. The average Bonchev–Trinajstić information content (AvgIpc) is 2.34. The van der Waals surface area contributed by atoms with E-state index in [1.165, 1.54) is 11.3 Å². The van der Waals surface area contributed by atoms with Crippen molar-refractivity contribution in [3.8, 4) is 0 Å². The van der Waals surface area contributed by atoms with Crippen molar-refractivity contribution in [2.75, 3.05) is 12.4 Å². The van der Waals surface area contributed by atoms with Crippen LogP contribution in [0.5, 0.6) is 0 Å². The number of aromatic nitrogens is 1. The van der Waals surface area contributed by atoms with Crippen LogP contribution in [-0.4, -0.2) is 18.3 Å². The molecule has 0 spiro atoms. The number of nitrogens with zero attached hydrogens (tertiary/aromatic N) is 1. The Labute approximate surface area is 56.7 Å². The summed E-state index contributed by atoms with van der Waals surface area (Å²) in [5.74, 6) is 0. The van der Waals surface area contributed by atoms with Gasteiger partial charge in [0.05, 0.1) is 0 Å². The minimum Gasteiger partial charge on any atom is -0.365 e. The lowest BCUT2D eigenvalue weighted by molar-refractivity contribution is 0.112. The second-order valence-corrected chi connectivity index (χ2v) is 2.30. The molecule has 0 saturated heterocycles. The van der Waals surface area contributed by atoms with Crippen LogP contribution >= 0.6 is 11.3 Å². The summed E-state index contributed by atoms with van der Waals surface area (Å²) >= 11 is 1.42. The quantitative estimate of drug-likeness (QED) is 0.626. The van der Waals surface area contributed by atoms with Gasteiger partial charge in [0.25, 0.3) is 0 Å². The highest BCUT2D eigenvalue weighted by molar-refractivity contribution is 7.13. The highest BCUT2D eigenvalue weighted by Gasteiger charge is 1.95. The van der Waals surface area contributed by atoms with Crippen molar-refractivity contribution in [1.82, 2.24) is 4.98 Å². The third kappa shape index (κ3) is 1.26. The molecule has 0 fully saturated rings. The molecule has 1 aromatic heterocycles. The summed E-state index contributed by atoms with van der Waals surface area (Å²) < 4.78 is 0. The first-order valence-electron chi connectivity index (χ1n) is 2.45. The first kappa shape index (κ1) is 6.22. The number of hydrogen-bond donors (Lipinski definition) is 1. The number of thiazole rings is 1. The normalized spacial score (nSPS) is 9.00. The third-order valence-electron chi connectivity index (χ3n) is 0.857. The minimum absolute atomic E-state index is 0.490. The zero-order valence-electron chi connectivity index (χ0n) is 4.92. The number of carbonyl (C=O) groups excluding carboxylic acids is 1. The van der Waals surface area contributed by atoms with E-state index in [1.54, 1.807) is 12.4 Å². The van der Waals surface area contributed by atoms with Crippen LogP contribution in [0.2, 0.25) is 0 Å². The van der Waals surface area contributed by atoms with Crippen LogP contribution in [0, 0.1) is 0 Å². The van der Waals surface area contributed by atoms with Crippen LogP contribution in [-0.2, 0) is 0 Å². The maximum atomic E-state index is 10.1. The topological polar surface area (TPSA) is 42.0 Å². The van der Waals surface area contributed by atoms with E-state index in [1.807, 2.05) is 0 Å². The van der Waals surface area contributed by atoms with Gasteiger partial charge < -0.3 is 5.32 Å². The minimum atomic E-state index is 0.490. The number of rotatable bonds is 2. The maximum absolute atomic E-state index is 10.1. The summed E-state index contributed by atoms with van der Waals surface area (Å²) in [5.41, 5.74) is 0.490. The summed E-state index contributed by atoms with van der Waals surface area (Å²) in [5, 5.41) is 5.31. The predicted octanol–water partition coefficient (Wildman–Crippen LogP) is 0.997. The van der Waals surface area contributed by atoms with Gasteiger partial charge in [-0.15, -0.1) is 11.3 Å². The van der Waals surface area contributed by atoms with Gasteiger partial charge in [0.2, 0.25) is 0 Å². The summed E-state index contributed by atoms with van der Waals surface area (Å²) in [6.07, 6.45) is 0.733. The molecule has 3 nitrogen and oxygen atoms in total. The van der Waals surface area contributed by atoms with Gasteiger partial charge in [-0.1, -0.05) is 0 Å². The summed E-state index contributed by atoms with van der Waals surface area (Å²) in [7, 11) is 1.77.